The molecule has 2 aliphatic heterocycles. The third-order valence-corrected chi connectivity index (χ3v) is 9.92. The summed E-state index contributed by atoms with van der Waals surface area (Å²) in [4.78, 5) is 23.9. The predicted octanol–water partition coefficient (Wildman–Crippen LogP) is 5.40. The van der Waals surface area contributed by atoms with Crippen LogP contribution in [0.5, 0.6) is 0 Å². The van der Waals surface area contributed by atoms with Gasteiger partial charge in [-0.3, -0.25) is 9.59 Å². The summed E-state index contributed by atoms with van der Waals surface area (Å²) in [6.07, 6.45) is 0.450. The Labute approximate surface area is 246 Å². The fourth-order valence-corrected chi connectivity index (χ4v) is 6.19. The molecule has 40 heavy (non-hydrogen) atoms. The minimum atomic E-state index is -1.42. The van der Waals surface area contributed by atoms with E-state index in [2.05, 4.69) is 62.2 Å². The van der Waals surface area contributed by atoms with Crippen LogP contribution in [0.15, 0.2) is 0 Å². The maximum atomic E-state index is 11.9. The van der Waals surface area contributed by atoms with Gasteiger partial charge in [0, 0.05) is 23.7 Å². The zero-order valence-electron chi connectivity index (χ0n) is 27.1. The second-order valence-electron chi connectivity index (χ2n) is 14.0. The molecule has 10 atom stereocenters. The van der Waals surface area contributed by atoms with Gasteiger partial charge in [0.1, 0.15) is 16.1 Å². The Morgan fingerprint density at radius 2 is 1.00 bits per heavy atom. The van der Waals surface area contributed by atoms with Crippen LogP contribution in [0, 0.1) is 70.3 Å². The summed E-state index contributed by atoms with van der Waals surface area (Å²) in [6, 6.07) is 0. The minimum absolute atomic E-state index is 0.00958. The molecule has 2 N–H and O–H groups in total. The molecule has 0 bridgehead atoms. The lowest BCUT2D eigenvalue weighted by atomic mass is 9.78. The first-order valence-corrected chi connectivity index (χ1v) is 22.1. The molecule has 2 fully saturated rings. The summed E-state index contributed by atoms with van der Waals surface area (Å²) in [6.45, 7) is 26.1. The van der Waals surface area contributed by atoms with Gasteiger partial charge in [-0.15, -0.1) is 22.9 Å². The van der Waals surface area contributed by atoms with Gasteiger partial charge >= 0.3 is 11.9 Å². The van der Waals surface area contributed by atoms with Crippen LogP contribution >= 0.6 is 0 Å². The van der Waals surface area contributed by atoms with Crippen molar-refractivity contribution in [3.05, 3.63) is 0 Å². The lowest BCUT2D eigenvalue weighted by Gasteiger charge is -2.26. The Morgan fingerprint density at radius 1 is 0.700 bits per heavy atom. The van der Waals surface area contributed by atoms with Gasteiger partial charge in [0.05, 0.1) is 37.3 Å². The number of rotatable bonds is 8. The van der Waals surface area contributed by atoms with Crippen molar-refractivity contribution in [1.82, 2.24) is 0 Å². The van der Waals surface area contributed by atoms with Crippen molar-refractivity contribution in [3.63, 3.8) is 0 Å². The van der Waals surface area contributed by atoms with E-state index in [-0.39, 0.29) is 47.4 Å². The van der Waals surface area contributed by atoms with E-state index in [1.165, 1.54) is 0 Å². The lowest BCUT2D eigenvalue weighted by Crippen LogP contribution is -2.36. The van der Waals surface area contributed by atoms with E-state index >= 15 is 0 Å². The predicted molar refractivity (Wildman–Crippen MR) is 167 cm³/mol. The number of ether oxygens (including phenoxy) is 2. The molecule has 0 aromatic rings. The average molecular weight is 593 g/mol. The van der Waals surface area contributed by atoms with Crippen molar-refractivity contribution in [1.29, 1.82) is 0 Å². The van der Waals surface area contributed by atoms with Gasteiger partial charge < -0.3 is 19.7 Å². The molecule has 0 saturated carbocycles. The number of carbonyl (C=O) groups is 2. The maximum absolute atomic E-state index is 11.9. The van der Waals surface area contributed by atoms with Gasteiger partial charge in [-0.25, -0.2) is 0 Å². The first-order valence-electron chi connectivity index (χ1n) is 15.1. The van der Waals surface area contributed by atoms with Crippen LogP contribution in [-0.2, 0) is 19.1 Å². The van der Waals surface area contributed by atoms with Crippen LogP contribution in [0.4, 0.5) is 0 Å². The van der Waals surface area contributed by atoms with Crippen LogP contribution in [-0.4, -0.2) is 63.7 Å². The molecule has 6 nitrogen and oxygen atoms in total. The fraction of sp³-hybridized carbons (Fsp3) is 0.812. The molecule has 2 heterocycles. The normalized spacial score (nSPS) is 27.2. The quantitative estimate of drug-likeness (QED) is 0.223. The molecular formula is C32H56O6Si2. The fourth-order valence-electron chi connectivity index (χ4n) is 4.87. The van der Waals surface area contributed by atoms with Crippen molar-refractivity contribution < 1.29 is 29.3 Å². The van der Waals surface area contributed by atoms with E-state index in [1.807, 2.05) is 41.5 Å². The number of cyclic esters (lactones) is 2. The molecule has 0 radical (unpaired) electrons. The second-order valence-corrected chi connectivity index (χ2v) is 23.5. The highest BCUT2D eigenvalue weighted by molar-refractivity contribution is 6.84. The van der Waals surface area contributed by atoms with Crippen molar-refractivity contribution in [2.75, 3.05) is 13.2 Å². The molecule has 0 unspecified atom stereocenters. The molecule has 0 amide bonds. The number of esters is 2. The number of hydrogen-bond acceptors (Lipinski definition) is 6. The number of hydrogen-bond donors (Lipinski definition) is 2. The van der Waals surface area contributed by atoms with Gasteiger partial charge in [-0.2, -0.15) is 0 Å². The number of aliphatic hydroxyl groups is 2. The summed E-state index contributed by atoms with van der Waals surface area (Å²) in [5.74, 6) is 5.61. The van der Waals surface area contributed by atoms with Crippen LogP contribution in [0.25, 0.3) is 0 Å². The second kappa shape index (κ2) is 15.6. The number of aliphatic hydroxyl groups excluding tert-OH is 2. The summed E-state index contributed by atoms with van der Waals surface area (Å²) in [5, 5.41) is 20.8. The molecule has 0 aliphatic carbocycles. The van der Waals surface area contributed by atoms with Crippen molar-refractivity contribution in [3.8, 4) is 22.9 Å². The van der Waals surface area contributed by atoms with Crippen molar-refractivity contribution in [2.45, 2.75) is 106 Å². The van der Waals surface area contributed by atoms with Crippen LogP contribution in [0.1, 0.15) is 54.4 Å². The third kappa shape index (κ3) is 11.0. The zero-order chi connectivity index (χ0) is 31.0. The maximum Gasteiger partial charge on any atom is 0.312 e. The zero-order valence-corrected chi connectivity index (χ0v) is 29.1. The summed E-state index contributed by atoms with van der Waals surface area (Å²) < 4.78 is 10.4. The van der Waals surface area contributed by atoms with Gasteiger partial charge in [-0.05, 0) is 11.8 Å². The van der Waals surface area contributed by atoms with Crippen LogP contribution < -0.4 is 0 Å². The SMILES string of the molecule is CC[C@H](C)[C@@H](O)[C@@H]1C(=O)OC[C@H]1[C@@H](C)C#C[Si](C)(C)C.CC[C@H](C)[C@@H](O)[C@@H]1C(=O)OC[C@H]1[C@@H](C)C#C[Si](C)(C)C. The van der Waals surface area contributed by atoms with Crippen molar-refractivity contribution in [2.24, 2.45) is 47.3 Å². The summed E-state index contributed by atoms with van der Waals surface area (Å²) in [5.41, 5.74) is 6.71. The topological polar surface area (TPSA) is 93.1 Å². The van der Waals surface area contributed by atoms with E-state index < -0.39 is 40.2 Å². The lowest BCUT2D eigenvalue weighted by molar-refractivity contribution is -0.146. The molecule has 0 spiro atoms. The smallest absolute Gasteiger partial charge is 0.312 e. The van der Waals surface area contributed by atoms with E-state index in [0.29, 0.717) is 13.2 Å². The Hall–Kier alpha value is -1.59. The molecule has 8 heteroatoms. The molecule has 2 aliphatic rings. The first kappa shape index (κ1) is 36.4. The highest BCUT2D eigenvalue weighted by Crippen LogP contribution is 2.35. The first-order chi connectivity index (χ1) is 18.3. The van der Waals surface area contributed by atoms with Crippen LogP contribution in [0.3, 0.4) is 0 Å². The molecule has 228 valence electrons. The Balaban J connectivity index is 0.000000400. The Morgan fingerprint density at radius 3 is 1.25 bits per heavy atom. The van der Waals surface area contributed by atoms with Crippen LogP contribution in [0.2, 0.25) is 39.3 Å². The Bertz CT molecular complexity index is 882. The highest BCUT2D eigenvalue weighted by atomic mass is 28.3. The summed E-state index contributed by atoms with van der Waals surface area (Å²) >= 11 is 0. The molecule has 0 aromatic carbocycles. The van der Waals surface area contributed by atoms with E-state index in [4.69, 9.17) is 9.47 Å². The van der Waals surface area contributed by atoms with Gasteiger partial charge in [0.15, 0.2) is 0 Å². The molecule has 2 saturated heterocycles. The Kier molecular flexibility index (Phi) is 14.2. The third-order valence-electron chi connectivity index (χ3n) is 8.13. The van der Waals surface area contributed by atoms with Gasteiger partial charge in [0.2, 0.25) is 0 Å². The van der Waals surface area contributed by atoms with E-state index in [0.717, 1.165) is 12.8 Å². The average Bonchev–Trinajstić information content (AvgIpc) is 3.45. The molecule has 2 rings (SSSR count). The number of carbonyl (C=O) groups excluding carboxylic acids is 2. The van der Waals surface area contributed by atoms with Crippen molar-refractivity contribution >= 4 is 28.1 Å². The van der Waals surface area contributed by atoms with Gasteiger partial charge in [-0.1, -0.05) is 93.7 Å². The molecule has 0 aromatic heterocycles. The van der Waals surface area contributed by atoms with Gasteiger partial charge in [0.25, 0.3) is 0 Å². The van der Waals surface area contributed by atoms with E-state index in [9.17, 15) is 19.8 Å². The largest absolute Gasteiger partial charge is 0.465 e. The van der Waals surface area contributed by atoms with E-state index in [1.54, 1.807) is 0 Å². The minimum Gasteiger partial charge on any atom is -0.465 e. The standard InChI is InChI=1S/2C16H28O3Si/c2*1-7-11(2)15(17)14-13(10-19-16(14)18)12(3)8-9-20(4,5)6/h2*11-15,17H,7,10H2,1-6H3/t2*11-,12-,13-,14+,15+/m00/s1. The molecular weight excluding hydrogens is 537 g/mol. The monoisotopic (exact) mass is 592 g/mol. The highest BCUT2D eigenvalue weighted by Gasteiger charge is 2.46. The summed E-state index contributed by atoms with van der Waals surface area (Å²) in [7, 11) is -2.83.